The number of carbonyl (C=O) groups excluding carboxylic acids is 2. The smallest absolute Gasteiger partial charge is 0.252 e. The molecule has 3 atom stereocenters. The first-order valence-corrected chi connectivity index (χ1v) is 7.99. The standard InChI is InChI=1S/C15H24N2O4/c1-11-10-16(14(18)12-4-2-8-20-12)6-7-17(11)15(19)13-5-3-9-21-13/h11-13H,2-10H2,1H3/t11-,12-,13+/m1/s1. The number of ether oxygens (including phenoxy) is 2. The Morgan fingerprint density at radius 1 is 0.952 bits per heavy atom. The Hall–Kier alpha value is -1.14. The highest BCUT2D eigenvalue weighted by molar-refractivity contribution is 5.83. The number of amides is 2. The molecule has 3 aliphatic heterocycles. The molecule has 0 aromatic rings. The summed E-state index contributed by atoms with van der Waals surface area (Å²) in [5, 5.41) is 0. The van der Waals surface area contributed by atoms with Crippen LogP contribution in [0.25, 0.3) is 0 Å². The van der Waals surface area contributed by atoms with Crippen molar-refractivity contribution in [1.29, 1.82) is 0 Å². The van der Waals surface area contributed by atoms with Gasteiger partial charge in [0.1, 0.15) is 12.2 Å². The fourth-order valence-corrected chi connectivity index (χ4v) is 3.42. The first kappa shape index (κ1) is 14.8. The zero-order valence-corrected chi connectivity index (χ0v) is 12.6. The lowest BCUT2D eigenvalue weighted by molar-refractivity contribution is -0.152. The highest BCUT2D eigenvalue weighted by atomic mass is 16.5. The average Bonchev–Trinajstić information content (AvgIpc) is 3.18. The Balaban J connectivity index is 1.56. The molecular formula is C15H24N2O4. The summed E-state index contributed by atoms with van der Waals surface area (Å²) in [4.78, 5) is 28.5. The minimum atomic E-state index is -0.270. The minimum Gasteiger partial charge on any atom is -0.368 e. The molecular weight excluding hydrogens is 272 g/mol. The van der Waals surface area contributed by atoms with Gasteiger partial charge >= 0.3 is 0 Å². The van der Waals surface area contributed by atoms with Crippen molar-refractivity contribution in [3.8, 4) is 0 Å². The van der Waals surface area contributed by atoms with Gasteiger partial charge in [-0.15, -0.1) is 0 Å². The summed E-state index contributed by atoms with van der Waals surface area (Å²) >= 11 is 0. The van der Waals surface area contributed by atoms with Crippen LogP contribution in [0.1, 0.15) is 32.6 Å². The van der Waals surface area contributed by atoms with E-state index >= 15 is 0 Å². The molecule has 21 heavy (non-hydrogen) atoms. The normalized spacial score (nSPS) is 33.5. The van der Waals surface area contributed by atoms with Gasteiger partial charge in [-0.05, 0) is 32.6 Å². The number of piperazine rings is 1. The number of nitrogens with zero attached hydrogens (tertiary/aromatic N) is 2. The van der Waals surface area contributed by atoms with Crippen LogP contribution in [0.5, 0.6) is 0 Å². The molecule has 0 radical (unpaired) electrons. The van der Waals surface area contributed by atoms with Crippen LogP contribution in [0.15, 0.2) is 0 Å². The molecule has 0 aliphatic carbocycles. The Kier molecular flexibility index (Phi) is 4.45. The van der Waals surface area contributed by atoms with Gasteiger partial charge in [0.2, 0.25) is 0 Å². The van der Waals surface area contributed by atoms with Crippen molar-refractivity contribution in [1.82, 2.24) is 9.80 Å². The van der Waals surface area contributed by atoms with E-state index in [0.29, 0.717) is 32.8 Å². The summed E-state index contributed by atoms with van der Waals surface area (Å²) in [6.07, 6.45) is 3.03. The van der Waals surface area contributed by atoms with E-state index in [1.54, 1.807) is 0 Å². The molecule has 3 fully saturated rings. The largest absolute Gasteiger partial charge is 0.368 e. The summed E-state index contributed by atoms with van der Waals surface area (Å²) < 4.78 is 10.9. The second kappa shape index (κ2) is 6.32. The zero-order valence-electron chi connectivity index (χ0n) is 12.6. The van der Waals surface area contributed by atoms with Crippen molar-refractivity contribution < 1.29 is 19.1 Å². The Morgan fingerprint density at radius 3 is 2.10 bits per heavy atom. The molecule has 118 valence electrons. The monoisotopic (exact) mass is 296 g/mol. The molecule has 0 aromatic heterocycles. The number of carbonyl (C=O) groups is 2. The van der Waals surface area contributed by atoms with Crippen molar-refractivity contribution in [3.05, 3.63) is 0 Å². The molecule has 0 saturated carbocycles. The summed E-state index contributed by atoms with van der Waals surface area (Å²) in [5.41, 5.74) is 0. The van der Waals surface area contributed by atoms with E-state index in [-0.39, 0.29) is 30.1 Å². The van der Waals surface area contributed by atoms with Gasteiger partial charge in [0.15, 0.2) is 0 Å². The molecule has 3 aliphatic rings. The van der Waals surface area contributed by atoms with Crippen LogP contribution < -0.4 is 0 Å². The fourth-order valence-electron chi connectivity index (χ4n) is 3.42. The predicted molar refractivity (Wildman–Crippen MR) is 75.7 cm³/mol. The Morgan fingerprint density at radius 2 is 1.57 bits per heavy atom. The van der Waals surface area contributed by atoms with Gasteiger partial charge in [-0.25, -0.2) is 0 Å². The lowest BCUT2D eigenvalue weighted by Gasteiger charge is -2.41. The van der Waals surface area contributed by atoms with Crippen molar-refractivity contribution in [3.63, 3.8) is 0 Å². The quantitative estimate of drug-likeness (QED) is 0.740. The summed E-state index contributed by atoms with van der Waals surface area (Å²) in [6.45, 7) is 5.16. The van der Waals surface area contributed by atoms with Crippen LogP contribution in [0.2, 0.25) is 0 Å². The van der Waals surface area contributed by atoms with E-state index in [9.17, 15) is 9.59 Å². The van der Waals surface area contributed by atoms with E-state index in [4.69, 9.17) is 9.47 Å². The lowest BCUT2D eigenvalue weighted by atomic mass is 10.1. The van der Waals surface area contributed by atoms with Crippen LogP contribution in [0, 0.1) is 0 Å². The van der Waals surface area contributed by atoms with Crippen molar-refractivity contribution in [2.45, 2.75) is 50.9 Å². The van der Waals surface area contributed by atoms with Crippen molar-refractivity contribution in [2.75, 3.05) is 32.8 Å². The van der Waals surface area contributed by atoms with Gasteiger partial charge in [0, 0.05) is 38.9 Å². The van der Waals surface area contributed by atoms with E-state index in [0.717, 1.165) is 25.7 Å². The number of hydrogen-bond donors (Lipinski definition) is 0. The molecule has 0 N–H and O–H groups in total. The van der Waals surface area contributed by atoms with Crippen molar-refractivity contribution in [2.24, 2.45) is 0 Å². The van der Waals surface area contributed by atoms with Crippen LogP contribution in [-0.2, 0) is 19.1 Å². The number of rotatable bonds is 2. The highest BCUT2D eigenvalue weighted by Crippen LogP contribution is 2.21. The van der Waals surface area contributed by atoms with Crippen molar-refractivity contribution >= 4 is 11.8 Å². The average molecular weight is 296 g/mol. The predicted octanol–water partition coefficient (Wildman–Crippen LogP) is 0.404. The maximum atomic E-state index is 12.4. The second-order valence-electron chi connectivity index (χ2n) is 6.17. The first-order chi connectivity index (χ1) is 10.2. The fraction of sp³-hybridized carbons (Fsp3) is 0.867. The molecule has 6 heteroatoms. The van der Waals surface area contributed by atoms with E-state index in [1.165, 1.54) is 0 Å². The first-order valence-electron chi connectivity index (χ1n) is 7.99. The van der Waals surface area contributed by atoms with Crippen LogP contribution in [0.4, 0.5) is 0 Å². The SMILES string of the molecule is C[C@@H]1CN(C(=O)[C@H]2CCCO2)CCN1C(=O)[C@@H]1CCCO1. The Labute approximate surface area is 125 Å². The molecule has 3 heterocycles. The van der Waals surface area contributed by atoms with Crippen LogP contribution in [-0.4, -0.2) is 72.7 Å². The molecule has 0 bridgehead atoms. The topological polar surface area (TPSA) is 59.1 Å². The van der Waals surface area contributed by atoms with Gasteiger partial charge in [0.05, 0.1) is 0 Å². The molecule has 0 spiro atoms. The zero-order chi connectivity index (χ0) is 14.8. The Bertz CT molecular complexity index is 402. The lowest BCUT2D eigenvalue weighted by Crippen LogP contribution is -2.58. The molecule has 0 unspecified atom stereocenters. The summed E-state index contributed by atoms with van der Waals surface area (Å²) in [7, 11) is 0. The van der Waals surface area contributed by atoms with Gasteiger partial charge in [0.25, 0.3) is 11.8 Å². The third kappa shape index (κ3) is 3.06. The highest BCUT2D eigenvalue weighted by Gasteiger charge is 2.37. The van der Waals surface area contributed by atoms with Gasteiger partial charge in [-0.3, -0.25) is 9.59 Å². The summed E-state index contributed by atoms with van der Waals surface area (Å²) in [6, 6.07) is 0.0424. The molecule has 3 saturated heterocycles. The third-order valence-corrected chi connectivity index (χ3v) is 4.63. The van der Waals surface area contributed by atoms with E-state index < -0.39 is 0 Å². The molecule has 2 amide bonds. The van der Waals surface area contributed by atoms with Crippen LogP contribution >= 0.6 is 0 Å². The van der Waals surface area contributed by atoms with Crippen LogP contribution in [0.3, 0.4) is 0 Å². The molecule has 6 nitrogen and oxygen atoms in total. The maximum Gasteiger partial charge on any atom is 0.252 e. The second-order valence-corrected chi connectivity index (χ2v) is 6.17. The van der Waals surface area contributed by atoms with Gasteiger partial charge in [-0.1, -0.05) is 0 Å². The van der Waals surface area contributed by atoms with Gasteiger partial charge in [-0.2, -0.15) is 0 Å². The van der Waals surface area contributed by atoms with E-state index in [2.05, 4.69) is 0 Å². The maximum absolute atomic E-state index is 12.4. The molecule has 0 aromatic carbocycles. The minimum absolute atomic E-state index is 0.0424. The number of hydrogen-bond acceptors (Lipinski definition) is 4. The third-order valence-electron chi connectivity index (χ3n) is 4.63. The van der Waals surface area contributed by atoms with E-state index in [1.807, 2.05) is 16.7 Å². The molecule has 3 rings (SSSR count). The summed E-state index contributed by atoms with van der Waals surface area (Å²) in [5.74, 6) is 0.174. The van der Waals surface area contributed by atoms with Gasteiger partial charge < -0.3 is 19.3 Å².